The number of benzene rings is 1. The summed E-state index contributed by atoms with van der Waals surface area (Å²) in [7, 11) is 1.50. The molecule has 0 N–H and O–H groups in total. The molecule has 0 unspecified atom stereocenters. The van der Waals surface area contributed by atoms with Gasteiger partial charge in [-0.25, -0.2) is 0 Å². The molecular formula is C9H8FNO3. The van der Waals surface area contributed by atoms with E-state index in [0.29, 0.717) is 11.3 Å². The maximum absolute atomic E-state index is 12.5. The topological polar surface area (TPSA) is 52.4 Å². The monoisotopic (exact) mass is 197 g/mol. The number of hydrogen-bond acceptors (Lipinski definition) is 3. The fraction of sp³-hybridized carbons (Fsp3) is 0.111. The zero-order valence-corrected chi connectivity index (χ0v) is 7.44. The molecule has 0 spiro atoms. The van der Waals surface area contributed by atoms with Gasteiger partial charge in [0.2, 0.25) is 0 Å². The second-order valence-corrected chi connectivity index (χ2v) is 2.50. The van der Waals surface area contributed by atoms with Crippen molar-refractivity contribution in [2.45, 2.75) is 0 Å². The molecule has 1 aromatic rings. The second-order valence-electron chi connectivity index (χ2n) is 2.50. The molecule has 1 rings (SSSR count). The van der Waals surface area contributed by atoms with E-state index in [-0.39, 0.29) is 0 Å². The summed E-state index contributed by atoms with van der Waals surface area (Å²) >= 11 is 0. The molecule has 0 heterocycles. The number of halogens is 1. The summed E-state index contributed by atoms with van der Waals surface area (Å²) in [6, 6.07) is 6.25. The van der Waals surface area contributed by atoms with E-state index < -0.39 is 10.9 Å². The average Bonchev–Trinajstić information content (AvgIpc) is 2.19. The molecule has 0 atom stereocenters. The van der Waals surface area contributed by atoms with Crippen LogP contribution in [0.4, 0.5) is 4.39 Å². The molecular weight excluding hydrogens is 189 g/mol. The fourth-order valence-corrected chi connectivity index (χ4v) is 0.890. The van der Waals surface area contributed by atoms with Gasteiger partial charge in [-0.2, -0.15) is 0 Å². The zero-order valence-electron chi connectivity index (χ0n) is 7.44. The Morgan fingerprint density at radius 3 is 2.50 bits per heavy atom. The van der Waals surface area contributed by atoms with E-state index in [1.54, 1.807) is 12.1 Å². The highest BCUT2D eigenvalue weighted by Crippen LogP contribution is 2.14. The van der Waals surface area contributed by atoms with Crippen LogP contribution in [0.1, 0.15) is 5.56 Å². The molecule has 0 saturated carbocycles. The first-order valence-corrected chi connectivity index (χ1v) is 3.79. The van der Waals surface area contributed by atoms with Gasteiger partial charge in [0.25, 0.3) is 0 Å². The van der Waals surface area contributed by atoms with Crippen molar-refractivity contribution in [2.24, 2.45) is 0 Å². The van der Waals surface area contributed by atoms with Crippen molar-refractivity contribution in [3.63, 3.8) is 0 Å². The lowest BCUT2D eigenvalue weighted by Gasteiger charge is -1.98. The molecule has 5 heteroatoms. The van der Waals surface area contributed by atoms with E-state index in [0.717, 1.165) is 6.08 Å². The van der Waals surface area contributed by atoms with Gasteiger partial charge < -0.3 is 4.74 Å². The summed E-state index contributed by atoms with van der Waals surface area (Å²) in [6.07, 6.45) is 0.847. The van der Waals surface area contributed by atoms with Gasteiger partial charge >= 0.3 is 5.95 Å². The molecule has 0 fully saturated rings. The highest BCUT2D eigenvalue weighted by atomic mass is 19.1. The second kappa shape index (κ2) is 4.36. The minimum absolute atomic E-state index is 0.417. The third-order valence-electron chi connectivity index (χ3n) is 1.58. The molecule has 0 aliphatic carbocycles. The van der Waals surface area contributed by atoms with E-state index >= 15 is 0 Å². The number of hydrogen-bond donors (Lipinski definition) is 0. The molecule has 0 aromatic heterocycles. The van der Waals surface area contributed by atoms with Crippen molar-refractivity contribution < 1.29 is 14.1 Å². The molecule has 0 aliphatic rings. The largest absolute Gasteiger partial charge is 0.497 e. The third kappa shape index (κ3) is 2.55. The smallest absolute Gasteiger partial charge is 0.419 e. The SMILES string of the molecule is COc1ccc(C=C(F)[N+](=O)[O-])cc1. The quantitative estimate of drug-likeness (QED) is 0.424. The molecule has 74 valence electrons. The van der Waals surface area contributed by atoms with Crippen molar-refractivity contribution in [3.05, 3.63) is 45.9 Å². The lowest BCUT2D eigenvalue weighted by atomic mass is 10.2. The minimum Gasteiger partial charge on any atom is -0.497 e. The van der Waals surface area contributed by atoms with E-state index in [1.165, 1.54) is 19.2 Å². The van der Waals surface area contributed by atoms with E-state index in [1.807, 2.05) is 0 Å². The lowest BCUT2D eigenvalue weighted by Crippen LogP contribution is -1.91. The van der Waals surface area contributed by atoms with Crippen LogP contribution in [-0.4, -0.2) is 12.0 Å². The van der Waals surface area contributed by atoms with Crippen molar-refractivity contribution in [2.75, 3.05) is 7.11 Å². The van der Waals surface area contributed by atoms with Gasteiger partial charge in [-0.05, 0) is 17.7 Å². The maximum Gasteiger partial charge on any atom is 0.419 e. The Hall–Kier alpha value is -1.91. The first kappa shape index (κ1) is 10.2. The number of rotatable bonds is 3. The summed E-state index contributed by atoms with van der Waals surface area (Å²) in [5, 5.41) is 9.96. The summed E-state index contributed by atoms with van der Waals surface area (Å²) < 4.78 is 17.4. The van der Waals surface area contributed by atoms with Gasteiger partial charge in [0.15, 0.2) is 0 Å². The Morgan fingerprint density at radius 2 is 2.07 bits per heavy atom. The summed E-state index contributed by atoms with van der Waals surface area (Å²) in [4.78, 5) is 8.89. The number of ether oxygens (including phenoxy) is 1. The van der Waals surface area contributed by atoms with Gasteiger partial charge in [0.05, 0.1) is 18.1 Å². The number of nitro groups is 1. The summed E-state index contributed by atoms with van der Waals surface area (Å²) in [6.45, 7) is 0. The molecule has 4 nitrogen and oxygen atoms in total. The normalized spacial score (nSPS) is 11.1. The predicted octanol–water partition coefficient (Wildman–Crippen LogP) is 2.24. The molecule has 0 amide bonds. The van der Waals surface area contributed by atoms with E-state index in [4.69, 9.17) is 4.74 Å². The van der Waals surface area contributed by atoms with Gasteiger partial charge in [-0.1, -0.05) is 12.1 Å². The van der Waals surface area contributed by atoms with Crippen LogP contribution >= 0.6 is 0 Å². The van der Waals surface area contributed by atoms with Crippen LogP contribution in [0.15, 0.2) is 30.2 Å². The Labute approximate surface area is 79.8 Å². The maximum atomic E-state index is 12.5. The molecule has 0 radical (unpaired) electrons. The standard InChI is InChI=1S/C9H8FNO3/c1-14-8-4-2-7(3-5-8)6-9(10)11(12)13/h2-6H,1H3. The third-order valence-corrected chi connectivity index (χ3v) is 1.58. The van der Waals surface area contributed by atoms with E-state index in [2.05, 4.69) is 0 Å². The molecule has 14 heavy (non-hydrogen) atoms. The van der Waals surface area contributed by atoms with Crippen LogP contribution in [0.2, 0.25) is 0 Å². The average molecular weight is 197 g/mol. The molecule has 1 aromatic carbocycles. The Balaban J connectivity index is 2.88. The molecule has 0 saturated heterocycles. The van der Waals surface area contributed by atoms with Crippen molar-refractivity contribution >= 4 is 6.08 Å². The van der Waals surface area contributed by atoms with Gasteiger partial charge in [0.1, 0.15) is 5.75 Å². The van der Waals surface area contributed by atoms with Gasteiger partial charge in [0, 0.05) is 0 Å². The Morgan fingerprint density at radius 1 is 1.50 bits per heavy atom. The lowest BCUT2D eigenvalue weighted by molar-refractivity contribution is -0.445. The van der Waals surface area contributed by atoms with Gasteiger partial charge in [-0.3, -0.25) is 10.1 Å². The molecule has 0 bridgehead atoms. The first-order valence-electron chi connectivity index (χ1n) is 3.79. The summed E-state index contributed by atoms with van der Waals surface area (Å²) in [5.74, 6) is -0.765. The van der Waals surface area contributed by atoms with Crippen LogP contribution in [0.25, 0.3) is 6.08 Å². The van der Waals surface area contributed by atoms with Crippen molar-refractivity contribution in [3.8, 4) is 5.75 Å². The molecule has 0 aliphatic heterocycles. The Bertz CT molecular complexity index is 359. The minimum atomic E-state index is -1.38. The first-order chi connectivity index (χ1) is 6.63. The number of nitrogens with zero attached hydrogens (tertiary/aromatic N) is 1. The van der Waals surface area contributed by atoms with Gasteiger partial charge in [-0.15, -0.1) is 4.39 Å². The number of methoxy groups -OCH3 is 1. The fourth-order valence-electron chi connectivity index (χ4n) is 0.890. The highest BCUT2D eigenvalue weighted by Gasteiger charge is 2.07. The highest BCUT2D eigenvalue weighted by molar-refractivity contribution is 5.50. The van der Waals surface area contributed by atoms with Crippen LogP contribution in [0.3, 0.4) is 0 Å². The van der Waals surface area contributed by atoms with E-state index in [9.17, 15) is 14.5 Å². The Kier molecular flexibility index (Phi) is 3.17. The van der Waals surface area contributed by atoms with Crippen LogP contribution in [-0.2, 0) is 0 Å². The van der Waals surface area contributed by atoms with Crippen molar-refractivity contribution in [1.29, 1.82) is 0 Å². The zero-order chi connectivity index (χ0) is 10.6. The predicted molar refractivity (Wildman–Crippen MR) is 49.1 cm³/mol. The van der Waals surface area contributed by atoms with Crippen LogP contribution in [0.5, 0.6) is 5.75 Å². The van der Waals surface area contributed by atoms with Crippen LogP contribution in [0, 0.1) is 10.1 Å². The summed E-state index contributed by atoms with van der Waals surface area (Å²) in [5.41, 5.74) is 0.417. The van der Waals surface area contributed by atoms with Crippen molar-refractivity contribution in [1.82, 2.24) is 0 Å². The van der Waals surface area contributed by atoms with Crippen LogP contribution < -0.4 is 4.74 Å².